The molecule has 0 spiro atoms. The number of rotatable bonds is 5. The maximum atomic E-state index is 12.2. The summed E-state index contributed by atoms with van der Waals surface area (Å²) < 4.78 is 5.13. The normalized spacial score (nSPS) is 13.0. The third-order valence-electron chi connectivity index (χ3n) is 4.58. The highest BCUT2D eigenvalue weighted by Crippen LogP contribution is 2.31. The minimum atomic E-state index is -0.377. The van der Waals surface area contributed by atoms with Crippen molar-refractivity contribution in [3.63, 3.8) is 0 Å². The van der Waals surface area contributed by atoms with Gasteiger partial charge in [0.1, 0.15) is 0 Å². The maximum absolute atomic E-state index is 12.2. The van der Waals surface area contributed by atoms with Gasteiger partial charge in [-0.15, -0.1) is 5.10 Å². The van der Waals surface area contributed by atoms with E-state index in [1.807, 2.05) is 24.3 Å². The molecule has 0 saturated heterocycles. The van der Waals surface area contributed by atoms with Gasteiger partial charge in [-0.3, -0.25) is 0 Å². The first-order valence-corrected chi connectivity index (χ1v) is 9.34. The van der Waals surface area contributed by atoms with E-state index in [0.717, 1.165) is 25.1 Å². The summed E-state index contributed by atoms with van der Waals surface area (Å²) in [7, 11) is 0. The summed E-state index contributed by atoms with van der Waals surface area (Å²) in [5.74, 6) is 0.674. The first kappa shape index (κ1) is 17.9. The lowest BCUT2D eigenvalue weighted by atomic mass is 10.0. The van der Waals surface area contributed by atoms with Crippen molar-refractivity contribution in [1.29, 1.82) is 0 Å². The van der Waals surface area contributed by atoms with Crippen LogP contribution in [0, 0.1) is 0 Å². The number of carbonyl (C=O) groups is 1. The monoisotopic (exact) mass is 375 g/mol. The van der Waals surface area contributed by atoms with Gasteiger partial charge in [-0.25, -0.2) is 4.79 Å². The van der Waals surface area contributed by atoms with Crippen molar-refractivity contribution in [3.05, 3.63) is 65.9 Å². The van der Waals surface area contributed by atoms with Gasteiger partial charge in [0.15, 0.2) is 5.82 Å². The highest BCUT2D eigenvalue weighted by molar-refractivity contribution is 5.96. The van der Waals surface area contributed by atoms with E-state index < -0.39 is 0 Å². The van der Waals surface area contributed by atoms with Gasteiger partial charge in [0.25, 0.3) is 5.95 Å². The summed E-state index contributed by atoms with van der Waals surface area (Å²) in [5, 5.41) is 11.5. The van der Waals surface area contributed by atoms with Gasteiger partial charge in [0.2, 0.25) is 0 Å². The fourth-order valence-corrected chi connectivity index (χ4v) is 3.33. The van der Waals surface area contributed by atoms with Crippen LogP contribution >= 0.6 is 0 Å². The highest BCUT2D eigenvalue weighted by atomic mass is 16.5. The third-order valence-corrected chi connectivity index (χ3v) is 4.58. The largest absolute Gasteiger partial charge is 0.462 e. The summed E-state index contributed by atoms with van der Waals surface area (Å²) in [6.07, 6.45) is 3.62. The predicted molar refractivity (Wildman–Crippen MR) is 107 cm³/mol. The van der Waals surface area contributed by atoms with Crippen LogP contribution in [0.3, 0.4) is 0 Å². The van der Waals surface area contributed by atoms with Gasteiger partial charge >= 0.3 is 5.97 Å². The second-order valence-electron chi connectivity index (χ2n) is 6.42. The first-order valence-electron chi connectivity index (χ1n) is 9.34. The molecule has 1 aromatic heterocycles. The zero-order chi connectivity index (χ0) is 19.3. The molecule has 0 saturated carbocycles. The second-order valence-corrected chi connectivity index (χ2v) is 6.42. The number of carbonyl (C=O) groups excluding carboxylic acids is 1. The van der Waals surface area contributed by atoms with Crippen molar-refractivity contribution >= 4 is 29.1 Å². The number of aryl methyl sites for hydroxylation is 1. The Hall–Kier alpha value is -3.48. The molecule has 0 aliphatic carbocycles. The summed E-state index contributed by atoms with van der Waals surface area (Å²) in [6.45, 7) is 2.94. The van der Waals surface area contributed by atoms with Crippen LogP contribution in [-0.4, -0.2) is 34.3 Å². The van der Waals surface area contributed by atoms with Crippen LogP contribution in [0.2, 0.25) is 0 Å². The molecule has 3 aromatic rings. The molecule has 0 amide bonds. The Morgan fingerprint density at radius 1 is 1.18 bits per heavy atom. The van der Waals surface area contributed by atoms with Crippen molar-refractivity contribution in [2.24, 2.45) is 0 Å². The Morgan fingerprint density at radius 2 is 2.00 bits per heavy atom. The molecule has 1 aliphatic rings. The van der Waals surface area contributed by atoms with E-state index in [0.29, 0.717) is 29.6 Å². The average molecular weight is 375 g/mol. The van der Waals surface area contributed by atoms with Gasteiger partial charge in [-0.2, -0.15) is 10.1 Å². The van der Waals surface area contributed by atoms with E-state index in [1.54, 1.807) is 25.3 Å². The van der Waals surface area contributed by atoms with Crippen molar-refractivity contribution in [1.82, 2.24) is 15.2 Å². The molecule has 2 aromatic carbocycles. The topological polar surface area (TPSA) is 80.2 Å². The lowest BCUT2D eigenvalue weighted by Gasteiger charge is -2.29. The minimum Gasteiger partial charge on any atom is -0.462 e. The quantitative estimate of drug-likeness (QED) is 0.678. The molecule has 0 bridgehead atoms. The lowest BCUT2D eigenvalue weighted by molar-refractivity contribution is 0.0527. The molecule has 7 heteroatoms. The molecule has 4 rings (SSSR count). The van der Waals surface area contributed by atoms with Gasteiger partial charge in [-0.1, -0.05) is 30.3 Å². The number of nitrogens with one attached hydrogen (secondary N) is 1. The van der Waals surface area contributed by atoms with Crippen LogP contribution < -0.4 is 10.2 Å². The van der Waals surface area contributed by atoms with Crippen LogP contribution in [0.15, 0.2) is 54.7 Å². The predicted octanol–water partition coefficient (Wildman–Crippen LogP) is 3.88. The number of hydrogen-bond acceptors (Lipinski definition) is 7. The number of esters is 1. The fraction of sp³-hybridized carbons (Fsp3) is 0.238. The number of hydrogen-bond donors (Lipinski definition) is 1. The van der Waals surface area contributed by atoms with E-state index in [1.165, 1.54) is 5.56 Å². The molecule has 0 fully saturated rings. The number of nitrogens with zero attached hydrogens (tertiary/aromatic N) is 4. The Balaban J connectivity index is 1.62. The van der Waals surface area contributed by atoms with E-state index >= 15 is 0 Å². The van der Waals surface area contributed by atoms with Crippen molar-refractivity contribution < 1.29 is 9.53 Å². The van der Waals surface area contributed by atoms with Crippen molar-refractivity contribution in [3.8, 4) is 0 Å². The highest BCUT2D eigenvalue weighted by Gasteiger charge is 2.21. The van der Waals surface area contributed by atoms with Gasteiger partial charge in [0, 0.05) is 12.2 Å². The number of para-hydroxylation sites is 2. The Morgan fingerprint density at radius 3 is 2.89 bits per heavy atom. The molecular weight excluding hydrogens is 354 g/mol. The lowest BCUT2D eigenvalue weighted by Crippen LogP contribution is -2.26. The second kappa shape index (κ2) is 8.04. The van der Waals surface area contributed by atoms with E-state index in [9.17, 15) is 4.79 Å². The molecule has 1 aliphatic heterocycles. The molecular formula is C21H21N5O2. The van der Waals surface area contributed by atoms with Crippen LogP contribution in [0.1, 0.15) is 29.3 Å². The number of benzene rings is 2. The van der Waals surface area contributed by atoms with Crippen LogP contribution in [0.4, 0.5) is 23.1 Å². The standard InChI is InChI=1S/C21H21N5O2/c1-2-28-20(27)16-10-4-5-11-17(16)23-19-14-22-25-21(24-19)26-13-7-9-15-8-3-6-12-18(15)26/h3-6,8,10-12,14H,2,7,9,13H2,1H3,(H,23,24,25). The first-order chi connectivity index (χ1) is 13.8. The van der Waals surface area contributed by atoms with Crippen LogP contribution in [0.5, 0.6) is 0 Å². The van der Waals surface area contributed by atoms with E-state index in [2.05, 4.69) is 37.5 Å². The zero-order valence-electron chi connectivity index (χ0n) is 15.6. The van der Waals surface area contributed by atoms with Crippen LogP contribution in [0.25, 0.3) is 0 Å². The van der Waals surface area contributed by atoms with Gasteiger partial charge in [0.05, 0.1) is 24.1 Å². The average Bonchev–Trinajstić information content (AvgIpc) is 2.74. The molecule has 1 N–H and O–H groups in total. The van der Waals surface area contributed by atoms with Gasteiger partial charge in [-0.05, 0) is 43.5 Å². The smallest absolute Gasteiger partial charge is 0.340 e. The molecule has 2 heterocycles. The molecule has 0 unspecified atom stereocenters. The zero-order valence-corrected chi connectivity index (χ0v) is 15.6. The SMILES string of the molecule is CCOC(=O)c1ccccc1Nc1cnnc(N2CCCc3ccccc32)n1. The molecule has 7 nitrogen and oxygen atoms in total. The Bertz CT molecular complexity index is 992. The molecule has 142 valence electrons. The third kappa shape index (κ3) is 3.64. The van der Waals surface area contributed by atoms with E-state index in [-0.39, 0.29) is 5.97 Å². The molecule has 28 heavy (non-hydrogen) atoms. The number of anilines is 4. The van der Waals surface area contributed by atoms with Gasteiger partial charge < -0.3 is 15.0 Å². The van der Waals surface area contributed by atoms with Crippen molar-refractivity contribution in [2.75, 3.05) is 23.4 Å². The minimum absolute atomic E-state index is 0.320. The van der Waals surface area contributed by atoms with Crippen LogP contribution in [-0.2, 0) is 11.2 Å². The van der Waals surface area contributed by atoms with Crippen molar-refractivity contribution in [2.45, 2.75) is 19.8 Å². The molecule has 0 atom stereocenters. The summed E-state index contributed by atoms with van der Waals surface area (Å²) in [6, 6.07) is 15.4. The Labute approximate surface area is 163 Å². The molecule has 0 radical (unpaired) electrons. The maximum Gasteiger partial charge on any atom is 0.340 e. The van der Waals surface area contributed by atoms with E-state index in [4.69, 9.17) is 4.74 Å². The summed E-state index contributed by atoms with van der Waals surface area (Å²) in [4.78, 5) is 18.9. The fourth-order valence-electron chi connectivity index (χ4n) is 3.33. The number of aromatic nitrogens is 3. The summed E-state index contributed by atoms with van der Waals surface area (Å²) in [5.41, 5.74) is 3.46. The Kier molecular flexibility index (Phi) is 5.14. The summed E-state index contributed by atoms with van der Waals surface area (Å²) >= 11 is 0. The number of ether oxygens (including phenoxy) is 1. The number of fused-ring (bicyclic) bond motifs is 1.